The number of benzene rings is 2. The van der Waals surface area contributed by atoms with E-state index in [1.165, 1.54) is 11.8 Å². The zero-order chi connectivity index (χ0) is 20.5. The number of ether oxygens (including phenoxy) is 1. The van der Waals surface area contributed by atoms with E-state index in [1.54, 1.807) is 48.5 Å². The van der Waals surface area contributed by atoms with Crippen molar-refractivity contribution in [2.45, 2.75) is 32.0 Å². The zero-order valence-corrected chi connectivity index (χ0v) is 15.7. The Balaban J connectivity index is 1.52. The minimum Gasteiger partial charge on any atom is -0.433 e. The number of carbonyl (C=O) groups is 4. The van der Waals surface area contributed by atoms with Gasteiger partial charge >= 0.3 is 5.97 Å². The van der Waals surface area contributed by atoms with Crippen LogP contribution in [0.4, 0.5) is 11.4 Å². The molecule has 148 valence electrons. The third-order valence-corrected chi connectivity index (χ3v) is 4.95. The molecule has 0 saturated carbocycles. The zero-order valence-electron chi connectivity index (χ0n) is 15.7. The maximum absolute atomic E-state index is 12.9. The number of likely N-dealkylation sites (tertiary alicyclic amines) is 1. The van der Waals surface area contributed by atoms with Crippen molar-refractivity contribution in [3.63, 3.8) is 0 Å². The first kappa shape index (κ1) is 18.7. The summed E-state index contributed by atoms with van der Waals surface area (Å²) in [6, 6.07) is 12.8. The molecule has 0 aromatic heterocycles. The van der Waals surface area contributed by atoms with Crippen LogP contribution in [-0.4, -0.2) is 34.6 Å². The molecule has 2 atom stereocenters. The van der Waals surface area contributed by atoms with E-state index in [0.29, 0.717) is 28.9 Å². The molecule has 0 spiro atoms. The summed E-state index contributed by atoms with van der Waals surface area (Å²) >= 11 is 0. The third kappa shape index (κ3) is 3.56. The van der Waals surface area contributed by atoms with Crippen LogP contribution in [0.2, 0.25) is 0 Å². The Kier molecular flexibility index (Phi) is 4.75. The molecule has 2 unspecified atom stereocenters. The number of cyclic esters (lactones) is 1. The van der Waals surface area contributed by atoms with Crippen LogP contribution in [0, 0.1) is 0 Å². The maximum Gasteiger partial charge on any atom is 0.340 e. The van der Waals surface area contributed by atoms with Gasteiger partial charge in [-0.25, -0.2) is 4.79 Å². The summed E-state index contributed by atoms with van der Waals surface area (Å²) < 4.78 is 5.42. The SMILES string of the molecule is CC(=O)Nc1ccc(NC(=O)C2CCC(=O)N2C2OC(=O)c3ccccc32)cc1. The van der Waals surface area contributed by atoms with Gasteiger partial charge in [-0.1, -0.05) is 18.2 Å². The van der Waals surface area contributed by atoms with Crippen LogP contribution in [0.3, 0.4) is 0 Å². The van der Waals surface area contributed by atoms with Crippen LogP contribution in [-0.2, 0) is 19.1 Å². The molecule has 2 aromatic carbocycles. The smallest absolute Gasteiger partial charge is 0.340 e. The number of esters is 1. The molecule has 29 heavy (non-hydrogen) atoms. The molecule has 0 bridgehead atoms. The van der Waals surface area contributed by atoms with Crippen molar-refractivity contribution < 1.29 is 23.9 Å². The second-order valence-electron chi connectivity index (χ2n) is 6.95. The normalized spacial score (nSPS) is 20.2. The molecule has 8 heteroatoms. The highest BCUT2D eigenvalue weighted by atomic mass is 16.6. The number of fused-ring (bicyclic) bond motifs is 1. The van der Waals surface area contributed by atoms with Gasteiger partial charge in [-0.3, -0.25) is 19.3 Å². The highest BCUT2D eigenvalue weighted by molar-refractivity contribution is 6.00. The Morgan fingerprint density at radius 1 is 1.00 bits per heavy atom. The monoisotopic (exact) mass is 393 g/mol. The predicted octanol–water partition coefficient (Wildman–Crippen LogP) is 2.44. The average Bonchev–Trinajstić information content (AvgIpc) is 3.23. The van der Waals surface area contributed by atoms with Crippen molar-refractivity contribution >= 4 is 35.1 Å². The van der Waals surface area contributed by atoms with Crippen LogP contribution in [0.1, 0.15) is 41.9 Å². The Hall–Kier alpha value is -3.68. The summed E-state index contributed by atoms with van der Waals surface area (Å²) in [5.41, 5.74) is 2.14. The second-order valence-corrected chi connectivity index (χ2v) is 6.95. The first-order valence-electron chi connectivity index (χ1n) is 9.23. The summed E-state index contributed by atoms with van der Waals surface area (Å²) in [5.74, 6) is -1.28. The molecule has 2 N–H and O–H groups in total. The van der Waals surface area contributed by atoms with Crippen molar-refractivity contribution in [3.05, 3.63) is 59.7 Å². The number of hydrogen-bond acceptors (Lipinski definition) is 5. The van der Waals surface area contributed by atoms with E-state index < -0.39 is 18.2 Å². The van der Waals surface area contributed by atoms with Gasteiger partial charge in [0.1, 0.15) is 6.04 Å². The fourth-order valence-electron chi connectivity index (χ4n) is 3.65. The molecule has 4 rings (SSSR count). The van der Waals surface area contributed by atoms with Crippen molar-refractivity contribution in [2.24, 2.45) is 0 Å². The molecular formula is C21H19N3O5. The van der Waals surface area contributed by atoms with Gasteiger partial charge < -0.3 is 15.4 Å². The van der Waals surface area contributed by atoms with Gasteiger partial charge in [-0.15, -0.1) is 0 Å². The number of hydrogen-bond donors (Lipinski definition) is 2. The third-order valence-electron chi connectivity index (χ3n) is 4.95. The van der Waals surface area contributed by atoms with Gasteiger partial charge in [0.2, 0.25) is 23.9 Å². The van der Waals surface area contributed by atoms with Crippen LogP contribution < -0.4 is 10.6 Å². The van der Waals surface area contributed by atoms with Gasteiger partial charge in [0.05, 0.1) is 5.56 Å². The molecular weight excluding hydrogens is 374 g/mol. The Labute approximate surface area is 166 Å². The minimum absolute atomic E-state index is 0.187. The number of nitrogens with one attached hydrogen (secondary N) is 2. The molecule has 3 amide bonds. The first-order chi connectivity index (χ1) is 13.9. The topological polar surface area (TPSA) is 105 Å². The summed E-state index contributed by atoms with van der Waals surface area (Å²) in [6.07, 6.45) is -0.354. The number of nitrogens with zero attached hydrogens (tertiary/aromatic N) is 1. The highest BCUT2D eigenvalue weighted by Gasteiger charge is 2.46. The predicted molar refractivity (Wildman–Crippen MR) is 104 cm³/mol. The van der Waals surface area contributed by atoms with Gasteiger partial charge in [0.25, 0.3) is 0 Å². The summed E-state index contributed by atoms with van der Waals surface area (Å²) in [6.45, 7) is 1.41. The Morgan fingerprint density at radius 2 is 1.66 bits per heavy atom. The van der Waals surface area contributed by atoms with E-state index in [-0.39, 0.29) is 24.1 Å². The van der Waals surface area contributed by atoms with Crippen LogP contribution >= 0.6 is 0 Å². The lowest BCUT2D eigenvalue weighted by atomic mass is 10.1. The van der Waals surface area contributed by atoms with Gasteiger partial charge in [0, 0.05) is 30.3 Å². The van der Waals surface area contributed by atoms with Crippen molar-refractivity contribution in [2.75, 3.05) is 10.6 Å². The number of rotatable bonds is 4. The Morgan fingerprint density at radius 3 is 2.34 bits per heavy atom. The average molecular weight is 393 g/mol. The van der Waals surface area contributed by atoms with Crippen LogP contribution in [0.15, 0.2) is 48.5 Å². The second kappa shape index (κ2) is 7.38. The van der Waals surface area contributed by atoms with E-state index in [9.17, 15) is 19.2 Å². The molecule has 1 saturated heterocycles. The van der Waals surface area contributed by atoms with Gasteiger partial charge in [0.15, 0.2) is 0 Å². The van der Waals surface area contributed by atoms with E-state index in [2.05, 4.69) is 10.6 Å². The van der Waals surface area contributed by atoms with Crippen molar-refractivity contribution in [1.29, 1.82) is 0 Å². The lowest BCUT2D eigenvalue weighted by molar-refractivity contribution is -0.144. The van der Waals surface area contributed by atoms with Crippen molar-refractivity contribution in [1.82, 2.24) is 4.90 Å². The molecule has 8 nitrogen and oxygen atoms in total. The largest absolute Gasteiger partial charge is 0.433 e. The fourth-order valence-corrected chi connectivity index (χ4v) is 3.65. The summed E-state index contributed by atoms with van der Waals surface area (Å²) in [5, 5.41) is 5.44. The quantitative estimate of drug-likeness (QED) is 0.777. The number of amides is 3. The lowest BCUT2D eigenvalue weighted by Crippen LogP contribution is -2.43. The van der Waals surface area contributed by atoms with Crippen LogP contribution in [0.25, 0.3) is 0 Å². The van der Waals surface area contributed by atoms with Gasteiger partial charge in [-0.05, 0) is 36.8 Å². The highest BCUT2D eigenvalue weighted by Crippen LogP contribution is 2.38. The number of anilines is 2. The Bertz CT molecular complexity index is 1000. The molecule has 2 heterocycles. The van der Waals surface area contributed by atoms with Gasteiger partial charge in [-0.2, -0.15) is 0 Å². The molecule has 2 aliphatic heterocycles. The minimum atomic E-state index is -0.897. The first-order valence-corrected chi connectivity index (χ1v) is 9.23. The summed E-state index contributed by atoms with van der Waals surface area (Å²) in [4.78, 5) is 50.0. The molecule has 2 aliphatic rings. The maximum atomic E-state index is 12.9. The lowest BCUT2D eigenvalue weighted by Gasteiger charge is -2.29. The van der Waals surface area contributed by atoms with Crippen molar-refractivity contribution in [3.8, 4) is 0 Å². The van der Waals surface area contributed by atoms with E-state index in [1.807, 2.05) is 0 Å². The molecule has 2 aromatic rings. The van der Waals surface area contributed by atoms with Crippen LogP contribution in [0.5, 0.6) is 0 Å². The number of carbonyl (C=O) groups excluding carboxylic acids is 4. The van der Waals surface area contributed by atoms with E-state index in [0.717, 1.165) is 0 Å². The molecule has 1 fully saturated rings. The van der Waals surface area contributed by atoms with E-state index >= 15 is 0 Å². The summed E-state index contributed by atoms with van der Waals surface area (Å²) in [7, 11) is 0. The molecule has 0 aliphatic carbocycles. The molecule has 0 radical (unpaired) electrons. The standard InChI is InChI=1S/C21H19N3O5/c1-12(25)22-13-6-8-14(9-7-13)23-19(27)17-10-11-18(26)24(17)20-15-4-2-3-5-16(15)21(28)29-20/h2-9,17,20H,10-11H2,1H3,(H,22,25)(H,23,27). The van der Waals surface area contributed by atoms with E-state index in [4.69, 9.17) is 4.74 Å². The fraction of sp³-hybridized carbons (Fsp3) is 0.238.